The summed E-state index contributed by atoms with van der Waals surface area (Å²) in [5.41, 5.74) is 1.68. The highest BCUT2D eigenvalue weighted by atomic mass is 35.5. The molecular weight excluding hydrogens is 532 g/mol. The van der Waals surface area contributed by atoms with Crippen molar-refractivity contribution >= 4 is 45.4 Å². The monoisotopic (exact) mass is 550 g/mol. The Morgan fingerprint density at radius 2 is 1.80 bits per heavy atom. The number of ether oxygens (including phenoxy) is 1. The fourth-order valence-electron chi connectivity index (χ4n) is 4.25. The van der Waals surface area contributed by atoms with E-state index in [9.17, 15) is 14.9 Å². The second-order valence-electron chi connectivity index (χ2n) is 8.86. The van der Waals surface area contributed by atoms with Crippen LogP contribution in [0.25, 0.3) is 33.5 Å². The summed E-state index contributed by atoms with van der Waals surface area (Å²) in [4.78, 5) is 29.2. The molecule has 0 bridgehead atoms. The Labute approximate surface area is 231 Å². The van der Waals surface area contributed by atoms with E-state index in [1.54, 1.807) is 48.5 Å². The molecule has 0 spiro atoms. The van der Waals surface area contributed by atoms with Crippen molar-refractivity contribution in [1.29, 1.82) is 0 Å². The van der Waals surface area contributed by atoms with Crippen molar-refractivity contribution in [3.05, 3.63) is 134 Å². The second kappa shape index (κ2) is 10.5. The third-order valence-corrected chi connectivity index (χ3v) is 6.44. The smallest absolute Gasteiger partial charge is 0.282 e. The molecule has 0 saturated carbocycles. The zero-order valence-electron chi connectivity index (χ0n) is 20.7. The first-order valence-corrected chi connectivity index (χ1v) is 12.5. The van der Waals surface area contributed by atoms with Gasteiger partial charge in [0.1, 0.15) is 17.9 Å². The van der Waals surface area contributed by atoms with Crippen molar-refractivity contribution in [1.82, 2.24) is 9.66 Å². The van der Waals surface area contributed by atoms with Gasteiger partial charge in [0, 0.05) is 28.1 Å². The first-order valence-electron chi connectivity index (χ1n) is 12.2. The fourth-order valence-corrected chi connectivity index (χ4v) is 4.43. The Morgan fingerprint density at radius 1 is 1.00 bits per heavy atom. The molecule has 0 saturated heterocycles. The summed E-state index contributed by atoms with van der Waals surface area (Å²) in [5, 5.41) is 17.6. The molecule has 6 rings (SSSR count). The Hall–Kier alpha value is -5.28. The average Bonchev–Trinajstić information content (AvgIpc) is 3.39. The predicted octanol–water partition coefficient (Wildman–Crippen LogP) is 6.83. The summed E-state index contributed by atoms with van der Waals surface area (Å²) in [7, 11) is 0. The molecule has 4 aromatic carbocycles. The van der Waals surface area contributed by atoms with Crippen LogP contribution in [0.2, 0.25) is 5.02 Å². The first-order chi connectivity index (χ1) is 19.5. The van der Waals surface area contributed by atoms with E-state index in [-0.39, 0.29) is 18.1 Å². The molecule has 40 heavy (non-hydrogen) atoms. The fraction of sp³-hybridized carbons (Fsp3) is 0.0333. The summed E-state index contributed by atoms with van der Waals surface area (Å²) in [6.07, 6.45) is 1.34. The largest absolute Gasteiger partial charge is 0.488 e. The molecule has 6 aromatic rings. The van der Waals surface area contributed by atoms with E-state index in [4.69, 9.17) is 20.8 Å². The lowest BCUT2D eigenvalue weighted by Crippen LogP contribution is -2.20. The van der Waals surface area contributed by atoms with Crippen LogP contribution in [-0.4, -0.2) is 20.8 Å². The van der Waals surface area contributed by atoms with Gasteiger partial charge in [-0.25, -0.2) is 4.98 Å². The lowest BCUT2D eigenvalue weighted by Gasteiger charge is -2.10. The average molecular weight is 551 g/mol. The number of benzene rings is 4. The molecule has 0 aliphatic heterocycles. The van der Waals surface area contributed by atoms with Gasteiger partial charge < -0.3 is 9.15 Å². The van der Waals surface area contributed by atoms with Gasteiger partial charge in [0.15, 0.2) is 5.76 Å². The maximum absolute atomic E-state index is 13.6. The van der Waals surface area contributed by atoms with Crippen molar-refractivity contribution < 1.29 is 14.1 Å². The second-order valence-corrected chi connectivity index (χ2v) is 9.30. The molecular formula is C30H19ClN4O5. The number of halogens is 1. The number of hydrogen-bond donors (Lipinski definition) is 0. The van der Waals surface area contributed by atoms with Crippen LogP contribution in [0, 0.1) is 10.1 Å². The SMILES string of the molecule is O=c1c2ccccc2nc(-c2cc3cc(Cl)ccc3o2)n1N=Cc1cc([N+](=O)[O-])ccc1OCc1ccccc1. The van der Waals surface area contributed by atoms with E-state index in [2.05, 4.69) is 10.1 Å². The highest BCUT2D eigenvalue weighted by molar-refractivity contribution is 6.31. The van der Waals surface area contributed by atoms with Crippen LogP contribution in [0.1, 0.15) is 11.1 Å². The summed E-state index contributed by atoms with van der Waals surface area (Å²) in [5.74, 6) is 0.821. The number of para-hydroxylation sites is 1. The third kappa shape index (κ3) is 4.93. The third-order valence-electron chi connectivity index (χ3n) is 6.21. The van der Waals surface area contributed by atoms with E-state index in [1.807, 2.05) is 30.3 Å². The zero-order valence-corrected chi connectivity index (χ0v) is 21.5. The normalized spacial score (nSPS) is 11.4. The number of non-ortho nitro benzene ring substituents is 1. The molecule has 0 aliphatic rings. The van der Waals surface area contributed by atoms with Crippen molar-refractivity contribution in [2.24, 2.45) is 5.10 Å². The van der Waals surface area contributed by atoms with Gasteiger partial charge in [-0.05, 0) is 48.0 Å². The number of nitrogens with zero attached hydrogens (tertiary/aromatic N) is 4. The Kier molecular flexibility index (Phi) is 6.55. The topological polar surface area (TPSA) is 113 Å². The van der Waals surface area contributed by atoms with Crippen molar-refractivity contribution in [2.45, 2.75) is 6.61 Å². The number of rotatable bonds is 7. The molecule has 0 radical (unpaired) electrons. The van der Waals surface area contributed by atoms with Gasteiger partial charge in [0.05, 0.1) is 22.0 Å². The number of aromatic nitrogens is 2. The molecule has 0 atom stereocenters. The maximum atomic E-state index is 13.6. The van der Waals surface area contributed by atoms with Crippen LogP contribution >= 0.6 is 11.6 Å². The van der Waals surface area contributed by atoms with Gasteiger partial charge in [-0.2, -0.15) is 9.78 Å². The van der Waals surface area contributed by atoms with Crippen LogP contribution in [0.4, 0.5) is 5.69 Å². The molecule has 2 heterocycles. The van der Waals surface area contributed by atoms with Crippen LogP contribution in [0.15, 0.2) is 111 Å². The maximum Gasteiger partial charge on any atom is 0.282 e. The molecule has 10 heteroatoms. The van der Waals surface area contributed by atoms with E-state index >= 15 is 0 Å². The van der Waals surface area contributed by atoms with Crippen LogP contribution in [-0.2, 0) is 6.61 Å². The Balaban J connectivity index is 1.48. The highest BCUT2D eigenvalue weighted by Gasteiger charge is 2.17. The lowest BCUT2D eigenvalue weighted by molar-refractivity contribution is -0.384. The molecule has 0 aliphatic carbocycles. The highest BCUT2D eigenvalue weighted by Crippen LogP contribution is 2.29. The van der Waals surface area contributed by atoms with Gasteiger partial charge in [0.2, 0.25) is 5.82 Å². The quantitative estimate of drug-likeness (QED) is 0.122. The van der Waals surface area contributed by atoms with Gasteiger partial charge >= 0.3 is 0 Å². The number of nitro benzene ring substituents is 1. The van der Waals surface area contributed by atoms with Crippen molar-refractivity contribution in [3.8, 4) is 17.3 Å². The minimum Gasteiger partial charge on any atom is -0.488 e. The molecule has 0 amide bonds. The van der Waals surface area contributed by atoms with Gasteiger partial charge in [0.25, 0.3) is 11.2 Å². The Morgan fingerprint density at radius 3 is 2.62 bits per heavy atom. The molecule has 0 fully saturated rings. The van der Waals surface area contributed by atoms with Crippen LogP contribution < -0.4 is 10.3 Å². The van der Waals surface area contributed by atoms with E-state index in [0.717, 1.165) is 15.6 Å². The molecule has 2 aromatic heterocycles. The zero-order chi connectivity index (χ0) is 27.6. The summed E-state index contributed by atoms with van der Waals surface area (Å²) >= 11 is 6.14. The van der Waals surface area contributed by atoms with E-state index in [0.29, 0.717) is 38.6 Å². The lowest BCUT2D eigenvalue weighted by atomic mass is 10.2. The number of fused-ring (bicyclic) bond motifs is 2. The molecule has 0 unspecified atom stereocenters. The standard InChI is InChI=1S/C30H19ClN4O5/c31-22-10-12-27-20(14-22)16-28(40-27)29-33-25-9-5-4-8-24(25)30(36)34(29)32-17-21-15-23(35(37)38)11-13-26(21)39-18-19-6-2-1-3-7-19/h1-17H,18H2. The van der Waals surface area contributed by atoms with Crippen molar-refractivity contribution in [3.63, 3.8) is 0 Å². The first kappa shape index (κ1) is 25.0. The Bertz CT molecular complexity index is 1980. The molecule has 9 nitrogen and oxygen atoms in total. The number of nitro groups is 1. The minimum absolute atomic E-state index is 0.146. The van der Waals surface area contributed by atoms with Gasteiger partial charge in [-0.15, -0.1) is 0 Å². The molecule has 196 valence electrons. The van der Waals surface area contributed by atoms with Gasteiger partial charge in [-0.3, -0.25) is 14.9 Å². The van der Waals surface area contributed by atoms with Crippen LogP contribution in [0.5, 0.6) is 5.75 Å². The van der Waals surface area contributed by atoms with E-state index < -0.39 is 10.5 Å². The van der Waals surface area contributed by atoms with Crippen LogP contribution in [0.3, 0.4) is 0 Å². The summed E-state index contributed by atoms with van der Waals surface area (Å²) < 4.78 is 13.1. The summed E-state index contributed by atoms with van der Waals surface area (Å²) in [6, 6.07) is 27.5. The number of furan rings is 1. The number of hydrogen-bond acceptors (Lipinski definition) is 7. The predicted molar refractivity (Wildman–Crippen MR) is 153 cm³/mol. The van der Waals surface area contributed by atoms with Crippen molar-refractivity contribution in [2.75, 3.05) is 0 Å². The van der Waals surface area contributed by atoms with E-state index in [1.165, 1.54) is 24.4 Å². The molecule has 0 N–H and O–H groups in total. The van der Waals surface area contributed by atoms with Gasteiger partial charge in [-0.1, -0.05) is 54.1 Å². The summed E-state index contributed by atoms with van der Waals surface area (Å²) in [6.45, 7) is 0.240. The minimum atomic E-state index is -0.507.